The molecule has 5 heteroatoms. The van der Waals surface area contributed by atoms with Crippen LogP contribution in [0.2, 0.25) is 0 Å². The van der Waals surface area contributed by atoms with Gasteiger partial charge >= 0.3 is 5.97 Å². The third-order valence-corrected chi connectivity index (χ3v) is 3.81. The fourth-order valence-electron chi connectivity index (χ4n) is 1.98. The zero-order valence-corrected chi connectivity index (χ0v) is 10.7. The molecule has 1 rings (SSSR count). The molecule has 5 nitrogen and oxygen atoms in total. The molecule has 0 saturated carbocycles. The Morgan fingerprint density at radius 1 is 1.53 bits per heavy atom. The average molecular weight is 242 g/mol. The zero-order valence-electron chi connectivity index (χ0n) is 10.7. The largest absolute Gasteiger partial charge is 0.481 e. The average Bonchev–Trinajstić information content (AvgIpc) is 2.71. The van der Waals surface area contributed by atoms with Crippen LogP contribution in [0, 0.1) is 11.3 Å². The van der Waals surface area contributed by atoms with Gasteiger partial charge in [0.2, 0.25) is 5.91 Å². The standard InChI is InChI=1S/C12H22N2O3/c1-4-12(3,11(16)17)7-14-10(15)9-5-6-13-8(9)2/h8-9,13H,4-7H2,1-3H3,(H,14,15)(H,16,17). The van der Waals surface area contributed by atoms with Gasteiger partial charge in [-0.05, 0) is 33.2 Å². The predicted molar refractivity (Wildman–Crippen MR) is 64.6 cm³/mol. The Morgan fingerprint density at radius 2 is 2.18 bits per heavy atom. The van der Waals surface area contributed by atoms with Crippen molar-refractivity contribution < 1.29 is 14.7 Å². The van der Waals surface area contributed by atoms with Crippen LogP contribution < -0.4 is 10.6 Å². The van der Waals surface area contributed by atoms with E-state index in [1.165, 1.54) is 0 Å². The van der Waals surface area contributed by atoms with Crippen molar-refractivity contribution in [2.24, 2.45) is 11.3 Å². The Labute approximate surface area is 102 Å². The third-order valence-electron chi connectivity index (χ3n) is 3.81. The van der Waals surface area contributed by atoms with Crippen LogP contribution in [-0.4, -0.2) is 36.1 Å². The molecule has 1 amide bonds. The van der Waals surface area contributed by atoms with Crippen LogP contribution in [0.1, 0.15) is 33.6 Å². The maximum atomic E-state index is 11.9. The van der Waals surface area contributed by atoms with Crippen LogP contribution >= 0.6 is 0 Å². The molecule has 3 N–H and O–H groups in total. The number of nitrogens with one attached hydrogen (secondary N) is 2. The number of carboxylic acid groups (broad SMARTS) is 1. The molecule has 98 valence electrons. The van der Waals surface area contributed by atoms with E-state index in [9.17, 15) is 9.59 Å². The second-order valence-corrected chi connectivity index (χ2v) is 5.08. The number of aliphatic carboxylic acids is 1. The van der Waals surface area contributed by atoms with E-state index in [0.717, 1.165) is 13.0 Å². The molecular weight excluding hydrogens is 220 g/mol. The van der Waals surface area contributed by atoms with Crippen molar-refractivity contribution in [1.82, 2.24) is 10.6 Å². The Bertz CT molecular complexity index is 306. The van der Waals surface area contributed by atoms with Crippen molar-refractivity contribution in [1.29, 1.82) is 0 Å². The van der Waals surface area contributed by atoms with Crippen LogP contribution in [-0.2, 0) is 9.59 Å². The predicted octanol–water partition coefficient (Wildman–Crippen LogP) is 0.602. The summed E-state index contributed by atoms with van der Waals surface area (Å²) in [5.41, 5.74) is -0.870. The topological polar surface area (TPSA) is 78.4 Å². The molecular formula is C12H22N2O3. The van der Waals surface area contributed by atoms with Gasteiger partial charge in [0.05, 0.1) is 11.3 Å². The smallest absolute Gasteiger partial charge is 0.311 e. The van der Waals surface area contributed by atoms with Crippen LogP contribution in [0.5, 0.6) is 0 Å². The zero-order chi connectivity index (χ0) is 13.1. The molecule has 3 unspecified atom stereocenters. The van der Waals surface area contributed by atoms with Gasteiger partial charge in [-0.2, -0.15) is 0 Å². The van der Waals surface area contributed by atoms with Crippen LogP contribution in [0.15, 0.2) is 0 Å². The van der Waals surface area contributed by atoms with E-state index in [0.29, 0.717) is 6.42 Å². The van der Waals surface area contributed by atoms with Crippen LogP contribution in [0.25, 0.3) is 0 Å². The summed E-state index contributed by atoms with van der Waals surface area (Å²) in [6.07, 6.45) is 1.32. The summed E-state index contributed by atoms with van der Waals surface area (Å²) in [5.74, 6) is -0.939. The lowest BCUT2D eigenvalue weighted by atomic mass is 9.87. The monoisotopic (exact) mass is 242 g/mol. The van der Waals surface area contributed by atoms with E-state index in [-0.39, 0.29) is 24.4 Å². The highest BCUT2D eigenvalue weighted by Crippen LogP contribution is 2.21. The minimum Gasteiger partial charge on any atom is -0.481 e. The van der Waals surface area contributed by atoms with Crippen molar-refractivity contribution in [2.45, 2.75) is 39.7 Å². The van der Waals surface area contributed by atoms with Gasteiger partial charge < -0.3 is 15.7 Å². The molecule has 1 aliphatic rings. The Morgan fingerprint density at radius 3 is 2.59 bits per heavy atom. The van der Waals surface area contributed by atoms with E-state index < -0.39 is 11.4 Å². The van der Waals surface area contributed by atoms with Gasteiger partial charge in [-0.3, -0.25) is 9.59 Å². The van der Waals surface area contributed by atoms with Gasteiger partial charge in [0, 0.05) is 12.6 Å². The number of hydrogen-bond acceptors (Lipinski definition) is 3. The molecule has 0 aromatic carbocycles. The molecule has 1 saturated heterocycles. The Hall–Kier alpha value is -1.10. The van der Waals surface area contributed by atoms with E-state index in [4.69, 9.17) is 5.11 Å². The van der Waals surface area contributed by atoms with Crippen molar-refractivity contribution in [3.05, 3.63) is 0 Å². The molecule has 1 aliphatic heterocycles. The molecule has 0 aromatic rings. The summed E-state index contributed by atoms with van der Waals surface area (Å²) >= 11 is 0. The molecule has 1 heterocycles. The molecule has 1 fully saturated rings. The van der Waals surface area contributed by atoms with Crippen molar-refractivity contribution in [3.8, 4) is 0 Å². The van der Waals surface area contributed by atoms with E-state index in [1.54, 1.807) is 6.92 Å². The van der Waals surface area contributed by atoms with Crippen molar-refractivity contribution in [2.75, 3.05) is 13.1 Å². The highest BCUT2D eigenvalue weighted by atomic mass is 16.4. The minimum atomic E-state index is -0.870. The molecule has 0 bridgehead atoms. The first-order valence-corrected chi connectivity index (χ1v) is 6.15. The Balaban J connectivity index is 2.50. The summed E-state index contributed by atoms with van der Waals surface area (Å²) in [6, 6.07) is 0.174. The second kappa shape index (κ2) is 5.49. The molecule has 0 spiro atoms. The summed E-state index contributed by atoms with van der Waals surface area (Å²) in [7, 11) is 0. The van der Waals surface area contributed by atoms with Gasteiger partial charge in [-0.15, -0.1) is 0 Å². The lowest BCUT2D eigenvalue weighted by Gasteiger charge is -2.24. The summed E-state index contributed by atoms with van der Waals surface area (Å²) in [4.78, 5) is 23.0. The van der Waals surface area contributed by atoms with Crippen LogP contribution in [0.3, 0.4) is 0 Å². The molecule has 0 aromatic heterocycles. The number of carboxylic acids is 1. The van der Waals surface area contributed by atoms with Gasteiger partial charge in [-0.25, -0.2) is 0 Å². The lowest BCUT2D eigenvalue weighted by Crippen LogP contribution is -2.44. The number of rotatable bonds is 5. The molecule has 3 atom stereocenters. The maximum Gasteiger partial charge on any atom is 0.311 e. The van der Waals surface area contributed by atoms with E-state index in [1.807, 2.05) is 13.8 Å². The number of carbonyl (C=O) groups is 2. The number of carbonyl (C=O) groups excluding carboxylic acids is 1. The highest BCUT2D eigenvalue weighted by molar-refractivity contribution is 5.81. The first kappa shape index (κ1) is 14.0. The summed E-state index contributed by atoms with van der Waals surface area (Å²) in [5, 5.41) is 15.1. The van der Waals surface area contributed by atoms with Gasteiger partial charge in [0.1, 0.15) is 0 Å². The van der Waals surface area contributed by atoms with E-state index >= 15 is 0 Å². The van der Waals surface area contributed by atoms with Crippen LogP contribution in [0.4, 0.5) is 0 Å². The fourth-order valence-corrected chi connectivity index (χ4v) is 1.98. The molecule has 0 aliphatic carbocycles. The van der Waals surface area contributed by atoms with E-state index in [2.05, 4.69) is 10.6 Å². The van der Waals surface area contributed by atoms with Crippen molar-refractivity contribution in [3.63, 3.8) is 0 Å². The second-order valence-electron chi connectivity index (χ2n) is 5.08. The Kier molecular flexibility index (Phi) is 4.51. The SMILES string of the molecule is CCC(C)(CNC(=O)C1CCNC1C)C(=O)O. The van der Waals surface area contributed by atoms with Gasteiger partial charge in [0.15, 0.2) is 0 Å². The normalized spacial score (nSPS) is 27.5. The maximum absolute atomic E-state index is 11.9. The number of amides is 1. The highest BCUT2D eigenvalue weighted by Gasteiger charge is 2.34. The molecule has 0 radical (unpaired) electrons. The first-order valence-electron chi connectivity index (χ1n) is 6.15. The number of hydrogen-bond donors (Lipinski definition) is 3. The third kappa shape index (κ3) is 3.19. The van der Waals surface area contributed by atoms with Crippen molar-refractivity contribution >= 4 is 11.9 Å². The fraction of sp³-hybridized carbons (Fsp3) is 0.833. The lowest BCUT2D eigenvalue weighted by molar-refractivity contribution is -0.148. The quantitative estimate of drug-likeness (QED) is 0.659. The molecule has 17 heavy (non-hydrogen) atoms. The summed E-state index contributed by atoms with van der Waals surface area (Å²) < 4.78 is 0. The minimum absolute atomic E-state index is 0.0371. The summed E-state index contributed by atoms with van der Waals surface area (Å²) in [6.45, 7) is 6.50. The van der Waals surface area contributed by atoms with Gasteiger partial charge in [-0.1, -0.05) is 6.92 Å². The first-order chi connectivity index (χ1) is 7.90. The van der Waals surface area contributed by atoms with Gasteiger partial charge in [0.25, 0.3) is 0 Å².